The SMILES string of the molecule is C=C(CN)NCC(=O)N(C)N. The van der Waals surface area contributed by atoms with Crippen molar-refractivity contribution in [3.63, 3.8) is 0 Å². The molecular weight excluding hydrogens is 144 g/mol. The van der Waals surface area contributed by atoms with Gasteiger partial charge in [0.25, 0.3) is 5.91 Å². The lowest BCUT2D eigenvalue weighted by atomic mass is 10.4. The predicted molar refractivity (Wildman–Crippen MR) is 43.2 cm³/mol. The summed E-state index contributed by atoms with van der Waals surface area (Å²) in [6, 6.07) is 0. The summed E-state index contributed by atoms with van der Waals surface area (Å²) >= 11 is 0. The van der Waals surface area contributed by atoms with E-state index in [2.05, 4.69) is 11.9 Å². The van der Waals surface area contributed by atoms with Crippen LogP contribution in [0.1, 0.15) is 0 Å². The summed E-state index contributed by atoms with van der Waals surface area (Å²) in [5.41, 5.74) is 5.84. The molecule has 0 spiro atoms. The van der Waals surface area contributed by atoms with Crippen LogP contribution in [0, 0.1) is 0 Å². The molecule has 5 heteroatoms. The van der Waals surface area contributed by atoms with Crippen molar-refractivity contribution in [2.45, 2.75) is 0 Å². The second-order valence-electron chi connectivity index (χ2n) is 2.17. The molecule has 0 aliphatic rings. The Balaban J connectivity index is 3.54. The fourth-order valence-electron chi connectivity index (χ4n) is 0.397. The summed E-state index contributed by atoms with van der Waals surface area (Å²) in [7, 11) is 1.48. The molecule has 64 valence electrons. The van der Waals surface area contributed by atoms with E-state index < -0.39 is 0 Å². The molecule has 0 unspecified atom stereocenters. The van der Waals surface area contributed by atoms with Gasteiger partial charge in [-0.15, -0.1) is 0 Å². The van der Waals surface area contributed by atoms with Crippen LogP contribution < -0.4 is 16.9 Å². The monoisotopic (exact) mass is 158 g/mol. The maximum atomic E-state index is 10.8. The van der Waals surface area contributed by atoms with Crippen molar-refractivity contribution in [2.24, 2.45) is 11.6 Å². The zero-order valence-corrected chi connectivity index (χ0v) is 6.63. The Kier molecular flexibility index (Phi) is 4.24. The van der Waals surface area contributed by atoms with Gasteiger partial charge in [0.1, 0.15) is 0 Å². The molecule has 0 fully saturated rings. The lowest BCUT2D eigenvalue weighted by molar-refractivity contribution is -0.129. The molecule has 0 saturated heterocycles. The number of rotatable bonds is 4. The van der Waals surface area contributed by atoms with Crippen molar-refractivity contribution in [2.75, 3.05) is 20.1 Å². The lowest BCUT2D eigenvalue weighted by Gasteiger charge is -2.11. The van der Waals surface area contributed by atoms with Gasteiger partial charge in [-0.1, -0.05) is 6.58 Å². The lowest BCUT2D eigenvalue weighted by Crippen LogP contribution is -2.40. The molecule has 0 aromatic carbocycles. The molecule has 1 amide bonds. The Hall–Kier alpha value is -1.07. The first-order valence-corrected chi connectivity index (χ1v) is 3.21. The molecule has 11 heavy (non-hydrogen) atoms. The summed E-state index contributed by atoms with van der Waals surface area (Å²) in [4.78, 5) is 10.8. The standard InChI is InChI=1S/C6H14N4O/c1-5(3-7)9-4-6(11)10(2)8/h9H,1,3-4,7-8H2,2H3. The average Bonchev–Trinajstić information content (AvgIpc) is 1.99. The molecule has 0 atom stereocenters. The molecule has 0 bridgehead atoms. The molecule has 5 N–H and O–H groups in total. The Labute approximate surface area is 66.0 Å². The van der Waals surface area contributed by atoms with E-state index in [1.165, 1.54) is 7.05 Å². The van der Waals surface area contributed by atoms with Gasteiger partial charge in [0.2, 0.25) is 0 Å². The molecule has 5 nitrogen and oxygen atoms in total. The number of likely N-dealkylation sites (N-methyl/N-ethyl adjacent to an activating group) is 1. The van der Waals surface area contributed by atoms with Crippen LogP contribution in [0.5, 0.6) is 0 Å². The summed E-state index contributed by atoms with van der Waals surface area (Å²) in [6.07, 6.45) is 0. The van der Waals surface area contributed by atoms with E-state index in [0.717, 1.165) is 5.01 Å². The number of amides is 1. The maximum Gasteiger partial charge on any atom is 0.255 e. The van der Waals surface area contributed by atoms with Crippen LogP contribution in [0.4, 0.5) is 0 Å². The van der Waals surface area contributed by atoms with Crippen molar-refractivity contribution < 1.29 is 4.79 Å². The largest absolute Gasteiger partial charge is 0.379 e. The van der Waals surface area contributed by atoms with Crippen LogP contribution >= 0.6 is 0 Å². The first-order chi connectivity index (χ1) is 5.07. The van der Waals surface area contributed by atoms with Gasteiger partial charge < -0.3 is 11.1 Å². The highest BCUT2D eigenvalue weighted by molar-refractivity contribution is 5.77. The summed E-state index contributed by atoms with van der Waals surface area (Å²) in [6.45, 7) is 4.02. The first-order valence-electron chi connectivity index (χ1n) is 3.21. The predicted octanol–water partition coefficient (Wildman–Crippen LogP) is -1.62. The van der Waals surface area contributed by atoms with Crippen LogP contribution in [0.15, 0.2) is 12.3 Å². The van der Waals surface area contributed by atoms with Crippen LogP contribution in [-0.4, -0.2) is 31.1 Å². The van der Waals surface area contributed by atoms with Crippen LogP contribution in [0.2, 0.25) is 0 Å². The Bertz CT molecular complexity index is 155. The Morgan fingerprint density at radius 1 is 1.73 bits per heavy atom. The zero-order valence-electron chi connectivity index (χ0n) is 6.63. The van der Waals surface area contributed by atoms with E-state index in [0.29, 0.717) is 12.2 Å². The number of hydrogen-bond donors (Lipinski definition) is 3. The third-order valence-corrected chi connectivity index (χ3v) is 1.13. The topological polar surface area (TPSA) is 84.4 Å². The average molecular weight is 158 g/mol. The highest BCUT2D eigenvalue weighted by Gasteiger charge is 2.02. The molecule has 0 saturated carbocycles. The molecule has 0 aromatic heterocycles. The van der Waals surface area contributed by atoms with E-state index in [1.807, 2.05) is 0 Å². The molecule has 0 rings (SSSR count). The Morgan fingerprint density at radius 3 is 2.64 bits per heavy atom. The van der Waals surface area contributed by atoms with Crippen molar-refractivity contribution >= 4 is 5.91 Å². The fraction of sp³-hybridized carbons (Fsp3) is 0.500. The summed E-state index contributed by atoms with van der Waals surface area (Å²) in [5, 5.41) is 3.73. The van der Waals surface area contributed by atoms with Crippen LogP contribution in [-0.2, 0) is 4.79 Å². The number of nitrogens with zero attached hydrogens (tertiary/aromatic N) is 1. The quantitative estimate of drug-likeness (QED) is 0.261. The minimum atomic E-state index is -0.209. The van der Waals surface area contributed by atoms with Crippen molar-refractivity contribution in [3.8, 4) is 0 Å². The van der Waals surface area contributed by atoms with Crippen molar-refractivity contribution in [1.82, 2.24) is 10.3 Å². The van der Waals surface area contributed by atoms with Gasteiger partial charge in [-0.2, -0.15) is 0 Å². The summed E-state index contributed by atoms with van der Waals surface area (Å²) < 4.78 is 0. The third kappa shape index (κ3) is 4.35. The molecule has 0 radical (unpaired) electrons. The number of hydrogen-bond acceptors (Lipinski definition) is 4. The van der Waals surface area contributed by atoms with Gasteiger partial charge in [-0.05, 0) is 0 Å². The second-order valence-corrected chi connectivity index (χ2v) is 2.17. The third-order valence-electron chi connectivity index (χ3n) is 1.13. The number of hydrazine groups is 1. The smallest absolute Gasteiger partial charge is 0.255 e. The van der Waals surface area contributed by atoms with Gasteiger partial charge in [-0.3, -0.25) is 9.80 Å². The van der Waals surface area contributed by atoms with Gasteiger partial charge in [0, 0.05) is 19.3 Å². The number of carbonyl (C=O) groups excluding carboxylic acids is 1. The van der Waals surface area contributed by atoms with Crippen LogP contribution in [0.3, 0.4) is 0 Å². The summed E-state index contributed by atoms with van der Waals surface area (Å²) in [5.74, 6) is 4.94. The fourth-order valence-corrected chi connectivity index (χ4v) is 0.397. The normalized spacial score (nSPS) is 9.00. The van der Waals surface area contributed by atoms with Gasteiger partial charge >= 0.3 is 0 Å². The van der Waals surface area contributed by atoms with Crippen molar-refractivity contribution in [3.05, 3.63) is 12.3 Å². The zero-order chi connectivity index (χ0) is 8.85. The number of nitrogens with two attached hydrogens (primary N) is 2. The molecule has 0 aliphatic carbocycles. The molecule has 0 aliphatic heterocycles. The van der Waals surface area contributed by atoms with Gasteiger partial charge in [-0.25, -0.2) is 5.84 Å². The molecule has 0 aromatic rings. The van der Waals surface area contributed by atoms with Crippen LogP contribution in [0.25, 0.3) is 0 Å². The van der Waals surface area contributed by atoms with E-state index in [9.17, 15) is 4.79 Å². The second kappa shape index (κ2) is 4.70. The van der Waals surface area contributed by atoms with E-state index in [1.54, 1.807) is 0 Å². The van der Waals surface area contributed by atoms with E-state index in [4.69, 9.17) is 11.6 Å². The number of carbonyl (C=O) groups is 1. The minimum absolute atomic E-state index is 0.142. The van der Waals surface area contributed by atoms with Crippen molar-refractivity contribution in [1.29, 1.82) is 0 Å². The first kappa shape index (κ1) is 9.93. The van der Waals surface area contributed by atoms with Gasteiger partial charge in [0.15, 0.2) is 0 Å². The maximum absolute atomic E-state index is 10.8. The molecular formula is C6H14N4O. The Morgan fingerprint density at radius 2 is 2.27 bits per heavy atom. The van der Waals surface area contributed by atoms with E-state index in [-0.39, 0.29) is 12.5 Å². The number of nitrogens with one attached hydrogen (secondary N) is 1. The highest BCUT2D eigenvalue weighted by atomic mass is 16.2. The highest BCUT2D eigenvalue weighted by Crippen LogP contribution is 1.78. The van der Waals surface area contributed by atoms with Gasteiger partial charge in [0.05, 0.1) is 6.54 Å². The minimum Gasteiger partial charge on any atom is -0.379 e. The van der Waals surface area contributed by atoms with E-state index >= 15 is 0 Å². The molecule has 0 heterocycles.